The van der Waals surface area contributed by atoms with E-state index in [1.165, 1.54) is 6.92 Å². The quantitative estimate of drug-likeness (QED) is 0.410. The number of anilines is 1. The van der Waals surface area contributed by atoms with E-state index in [1.54, 1.807) is 6.92 Å². The molecule has 2 aromatic rings. The number of urea groups is 1. The van der Waals surface area contributed by atoms with Crippen LogP contribution in [0.25, 0.3) is 0 Å². The highest BCUT2D eigenvalue weighted by molar-refractivity contribution is 7.11. The van der Waals surface area contributed by atoms with E-state index in [0.717, 1.165) is 69.2 Å². The van der Waals surface area contributed by atoms with Gasteiger partial charge in [0, 0.05) is 45.2 Å². The highest BCUT2D eigenvalue weighted by atomic mass is 32.1. The number of nitrogens with zero attached hydrogens (tertiary/aromatic N) is 3. The lowest BCUT2D eigenvalue weighted by atomic mass is 10.1. The number of ether oxygens (including phenoxy) is 1. The summed E-state index contributed by atoms with van der Waals surface area (Å²) >= 11 is 0.792. The molecule has 1 aromatic heterocycles. The van der Waals surface area contributed by atoms with Crippen molar-refractivity contribution in [3.05, 3.63) is 40.5 Å². The maximum Gasteiger partial charge on any atom is 0.319 e. The van der Waals surface area contributed by atoms with E-state index in [-0.39, 0.29) is 40.1 Å². The Morgan fingerprint density at radius 1 is 1.14 bits per heavy atom. The lowest BCUT2D eigenvalue weighted by Crippen LogP contribution is -2.48. The van der Waals surface area contributed by atoms with Gasteiger partial charge in [0.15, 0.2) is 0 Å². The van der Waals surface area contributed by atoms with Crippen molar-refractivity contribution in [2.45, 2.75) is 33.3 Å². The number of rotatable bonds is 10. The molecule has 0 aliphatic carbocycles. The van der Waals surface area contributed by atoms with Crippen LogP contribution in [0.15, 0.2) is 12.1 Å². The third-order valence-electron chi connectivity index (χ3n) is 5.83. The van der Waals surface area contributed by atoms with Gasteiger partial charge in [0.1, 0.15) is 28.8 Å². The van der Waals surface area contributed by atoms with Crippen LogP contribution in [-0.4, -0.2) is 71.3 Å². The van der Waals surface area contributed by atoms with Gasteiger partial charge >= 0.3 is 6.03 Å². The van der Waals surface area contributed by atoms with E-state index in [2.05, 4.69) is 19.9 Å². The summed E-state index contributed by atoms with van der Waals surface area (Å²) in [5.74, 6) is -2.19. The molecule has 13 heteroatoms. The molecule has 0 bridgehead atoms. The summed E-state index contributed by atoms with van der Waals surface area (Å²) in [6.45, 7) is 7.08. The molecule has 0 unspecified atom stereocenters. The topological polar surface area (TPSA) is 130 Å². The van der Waals surface area contributed by atoms with Crippen molar-refractivity contribution >= 4 is 34.4 Å². The second kappa shape index (κ2) is 12.6. The first-order valence-corrected chi connectivity index (χ1v) is 12.3. The third-order valence-corrected chi connectivity index (χ3v) is 6.58. The number of carbonyl (C=O) groups is 3. The largest absolute Gasteiger partial charge is 0.471 e. The average molecular weight is 525 g/mol. The van der Waals surface area contributed by atoms with Gasteiger partial charge in [0.25, 0.3) is 5.91 Å². The van der Waals surface area contributed by atoms with Gasteiger partial charge in [-0.1, -0.05) is 0 Å². The molecule has 2 heterocycles. The zero-order valence-corrected chi connectivity index (χ0v) is 21.1. The summed E-state index contributed by atoms with van der Waals surface area (Å²) < 4.78 is 37.2. The van der Waals surface area contributed by atoms with Crippen molar-refractivity contribution in [1.82, 2.24) is 19.5 Å². The number of halogens is 2. The molecule has 1 saturated heterocycles. The van der Waals surface area contributed by atoms with Crippen LogP contribution >= 0.6 is 11.5 Å². The maximum absolute atomic E-state index is 14.1. The van der Waals surface area contributed by atoms with Crippen LogP contribution in [0.5, 0.6) is 5.88 Å². The number of benzene rings is 1. The van der Waals surface area contributed by atoms with Crippen molar-refractivity contribution in [1.29, 1.82) is 0 Å². The smallest absolute Gasteiger partial charge is 0.319 e. The number of unbranched alkanes of at least 4 members (excludes halogenated alkanes) is 1. The first-order valence-electron chi connectivity index (χ1n) is 11.5. The minimum absolute atomic E-state index is 0.0468. The predicted molar refractivity (Wildman–Crippen MR) is 131 cm³/mol. The standard InChI is InChI=1S/C23H30F2N6O4S/c1-14-11-18(25)16(12-17(14)24)13-35-21-19(20(26)33)22(36-29-21)28-23(34)27-5-3-4-6-30-7-9-31(10-8-30)15(2)32/h11-12H,3-10,13H2,1-2H3,(H2,26,33)(H2,27,28,34). The van der Waals surface area contributed by atoms with Crippen LogP contribution in [0.4, 0.5) is 18.6 Å². The Morgan fingerprint density at radius 2 is 1.86 bits per heavy atom. The van der Waals surface area contributed by atoms with Crippen molar-refractivity contribution in [2.24, 2.45) is 5.73 Å². The summed E-state index contributed by atoms with van der Waals surface area (Å²) in [7, 11) is 0. The number of hydrogen-bond acceptors (Lipinski definition) is 7. The summed E-state index contributed by atoms with van der Waals surface area (Å²) in [5, 5.41) is 5.35. The van der Waals surface area contributed by atoms with Gasteiger partial charge in [0.2, 0.25) is 11.8 Å². The zero-order chi connectivity index (χ0) is 26.2. The number of carbonyl (C=O) groups excluding carboxylic acids is 3. The number of primary amides is 1. The number of aromatic nitrogens is 1. The molecule has 0 saturated carbocycles. The Hall–Kier alpha value is -3.32. The van der Waals surface area contributed by atoms with Crippen LogP contribution in [0, 0.1) is 18.6 Å². The maximum atomic E-state index is 14.1. The van der Waals surface area contributed by atoms with Crippen molar-refractivity contribution in [2.75, 3.05) is 44.6 Å². The van der Waals surface area contributed by atoms with Gasteiger partial charge in [0.05, 0.1) is 0 Å². The number of piperazine rings is 1. The number of hydrogen-bond donors (Lipinski definition) is 3. The highest BCUT2D eigenvalue weighted by Gasteiger charge is 2.23. The summed E-state index contributed by atoms with van der Waals surface area (Å²) in [4.78, 5) is 39.7. The van der Waals surface area contributed by atoms with E-state index < -0.39 is 23.6 Å². The summed E-state index contributed by atoms with van der Waals surface area (Å²) in [5.41, 5.74) is 5.40. The average Bonchev–Trinajstić information content (AvgIpc) is 3.23. The number of nitrogens with one attached hydrogen (secondary N) is 2. The fraction of sp³-hybridized carbons (Fsp3) is 0.478. The Labute approximate surface area is 211 Å². The van der Waals surface area contributed by atoms with Gasteiger partial charge in [-0.25, -0.2) is 13.6 Å². The molecule has 4 N–H and O–H groups in total. The second-order valence-corrected chi connectivity index (χ2v) is 9.25. The van der Waals surface area contributed by atoms with Crippen molar-refractivity contribution < 1.29 is 27.9 Å². The molecule has 0 radical (unpaired) electrons. The first-order chi connectivity index (χ1) is 17.2. The molecular formula is C23H30F2N6O4S. The van der Waals surface area contributed by atoms with Crippen LogP contribution in [0.3, 0.4) is 0 Å². The van der Waals surface area contributed by atoms with Crippen molar-refractivity contribution in [3.63, 3.8) is 0 Å². The Kier molecular flexibility index (Phi) is 9.53. The minimum Gasteiger partial charge on any atom is -0.471 e. The molecule has 196 valence electrons. The van der Waals surface area contributed by atoms with E-state index in [4.69, 9.17) is 10.5 Å². The summed E-state index contributed by atoms with van der Waals surface area (Å²) in [6.07, 6.45) is 1.63. The second-order valence-electron chi connectivity index (χ2n) is 8.47. The minimum atomic E-state index is -0.880. The van der Waals surface area contributed by atoms with Gasteiger partial charge in [-0.2, -0.15) is 4.37 Å². The molecule has 1 aliphatic rings. The molecule has 1 aliphatic heterocycles. The molecule has 1 aromatic carbocycles. The SMILES string of the molecule is CC(=O)N1CCN(CCCCNC(=O)Nc2snc(OCc3cc(F)c(C)cc3F)c2C(N)=O)CC1. The predicted octanol–water partition coefficient (Wildman–Crippen LogP) is 2.47. The number of aryl methyl sites for hydroxylation is 1. The van der Waals surface area contributed by atoms with Gasteiger partial charge in [-0.15, -0.1) is 0 Å². The molecule has 1 fully saturated rings. The zero-order valence-electron chi connectivity index (χ0n) is 20.2. The molecule has 36 heavy (non-hydrogen) atoms. The third kappa shape index (κ3) is 7.34. The number of nitrogens with two attached hydrogens (primary N) is 1. The Morgan fingerprint density at radius 3 is 2.53 bits per heavy atom. The van der Waals surface area contributed by atoms with Gasteiger partial charge < -0.3 is 20.7 Å². The van der Waals surface area contributed by atoms with Crippen LogP contribution < -0.4 is 21.1 Å². The van der Waals surface area contributed by atoms with E-state index in [9.17, 15) is 23.2 Å². The lowest BCUT2D eigenvalue weighted by Gasteiger charge is -2.34. The van der Waals surface area contributed by atoms with Crippen LogP contribution in [-0.2, 0) is 11.4 Å². The normalized spacial score (nSPS) is 13.9. The van der Waals surface area contributed by atoms with Crippen LogP contribution in [0.2, 0.25) is 0 Å². The van der Waals surface area contributed by atoms with Crippen molar-refractivity contribution in [3.8, 4) is 5.88 Å². The van der Waals surface area contributed by atoms with E-state index in [1.807, 2.05) is 4.90 Å². The van der Waals surface area contributed by atoms with Crippen LogP contribution in [0.1, 0.15) is 41.3 Å². The van der Waals surface area contributed by atoms with Gasteiger partial charge in [-0.05, 0) is 55.5 Å². The monoisotopic (exact) mass is 524 g/mol. The fourth-order valence-electron chi connectivity index (χ4n) is 3.72. The van der Waals surface area contributed by atoms with Gasteiger partial charge in [-0.3, -0.25) is 19.8 Å². The Balaban J connectivity index is 1.44. The molecule has 0 atom stereocenters. The molecule has 3 rings (SSSR count). The molecular weight excluding hydrogens is 494 g/mol. The fourth-order valence-corrected chi connectivity index (χ4v) is 4.45. The molecule has 10 nitrogen and oxygen atoms in total. The van der Waals surface area contributed by atoms with E-state index >= 15 is 0 Å². The first kappa shape index (κ1) is 27.3. The highest BCUT2D eigenvalue weighted by Crippen LogP contribution is 2.31. The summed E-state index contributed by atoms with van der Waals surface area (Å²) in [6, 6.07) is 1.53. The molecule has 0 spiro atoms. The Bertz CT molecular complexity index is 1100. The van der Waals surface area contributed by atoms with E-state index in [0.29, 0.717) is 6.54 Å². The lowest BCUT2D eigenvalue weighted by molar-refractivity contribution is -0.130. The molecule has 4 amide bonds. The number of amides is 4.